The van der Waals surface area contributed by atoms with E-state index in [4.69, 9.17) is 30.3 Å². The smallest absolute Gasteiger partial charge is 0.332 e. The summed E-state index contributed by atoms with van der Waals surface area (Å²) in [5.74, 6) is 1.53. The molecule has 0 bridgehead atoms. The summed E-state index contributed by atoms with van der Waals surface area (Å²) in [5, 5.41) is 10.8. The fourth-order valence-corrected chi connectivity index (χ4v) is 4.64. The predicted octanol–water partition coefficient (Wildman–Crippen LogP) is 5.08. The minimum atomic E-state index is -1.03. The van der Waals surface area contributed by atoms with Gasteiger partial charge < -0.3 is 30.2 Å². The molecule has 0 saturated heterocycles. The van der Waals surface area contributed by atoms with Crippen molar-refractivity contribution in [3.63, 3.8) is 0 Å². The van der Waals surface area contributed by atoms with Crippen molar-refractivity contribution in [2.24, 2.45) is 5.73 Å². The van der Waals surface area contributed by atoms with E-state index in [0.717, 1.165) is 33.5 Å². The van der Waals surface area contributed by atoms with Crippen LogP contribution in [0.1, 0.15) is 40.3 Å². The molecule has 0 aliphatic rings. The molecule has 0 amide bonds. The van der Waals surface area contributed by atoms with Crippen molar-refractivity contribution in [1.82, 2.24) is 10.3 Å². The van der Waals surface area contributed by atoms with Gasteiger partial charge in [0, 0.05) is 30.3 Å². The molecule has 1 aromatic heterocycles. The van der Waals surface area contributed by atoms with E-state index in [2.05, 4.69) is 5.32 Å². The van der Waals surface area contributed by atoms with Gasteiger partial charge in [0.1, 0.15) is 22.9 Å². The molecule has 0 spiro atoms. The van der Waals surface area contributed by atoms with Crippen LogP contribution in [-0.4, -0.2) is 50.1 Å². The molecule has 4 N–H and O–H groups in total. The predicted molar refractivity (Wildman–Crippen MR) is 155 cm³/mol. The number of nitrogens with zero attached hydrogens (tertiary/aromatic N) is 2. The maximum atomic E-state index is 13.0. The number of methoxy groups -OCH3 is 1. The topological polar surface area (TPSA) is 123 Å². The van der Waals surface area contributed by atoms with Crippen LogP contribution in [0.3, 0.4) is 0 Å². The summed E-state index contributed by atoms with van der Waals surface area (Å²) >= 11 is 0. The summed E-state index contributed by atoms with van der Waals surface area (Å²) in [6.45, 7) is 11.9. The molecule has 39 heavy (non-hydrogen) atoms. The van der Waals surface area contributed by atoms with Crippen LogP contribution in [0.15, 0.2) is 36.4 Å². The SMILES string of the molecule is CNCC(C)(C(=O)OC)N(C)c1c(C)c(Oc2ccc(C)cc2C)nc(Oc2ccc(C(=N)N)cc2C)c1C. The van der Waals surface area contributed by atoms with Gasteiger partial charge in [0.2, 0.25) is 11.8 Å². The summed E-state index contributed by atoms with van der Waals surface area (Å²) in [6, 6.07) is 11.2. The van der Waals surface area contributed by atoms with Crippen molar-refractivity contribution in [3.8, 4) is 23.3 Å². The monoisotopic (exact) mass is 533 g/mol. The third-order valence-electron chi connectivity index (χ3n) is 7.01. The number of ether oxygens (including phenoxy) is 3. The van der Waals surface area contributed by atoms with Crippen LogP contribution >= 0.6 is 0 Å². The van der Waals surface area contributed by atoms with Crippen molar-refractivity contribution >= 4 is 17.5 Å². The fraction of sp³-hybridized carbons (Fsp3) is 0.367. The van der Waals surface area contributed by atoms with Crippen molar-refractivity contribution in [2.45, 2.75) is 47.1 Å². The molecule has 0 radical (unpaired) electrons. The Bertz CT molecular complexity index is 1400. The molecule has 1 heterocycles. The third kappa shape index (κ3) is 5.98. The lowest BCUT2D eigenvalue weighted by Crippen LogP contribution is -2.57. The Morgan fingerprint density at radius 1 is 1.00 bits per heavy atom. The number of pyridine rings is 1. The summed E-state index contributed by atoms with van der Waals surface area (Å²) < 4.78 is 17.9. The number of nitrogens with two attached hydrogens (primary N) is 1. The molecule has 9 nitrogen and oxygen atoms in total. The first-order chi connectivity index (χ1) is 18.3. The first-order valence-electron chi connectivity index (χ1n) is 12.7. The number of aromatic nitrogens is 1. The van der Waals surface area contributed by atoms with Crippen LogP contribution in [0.4, 0.5) is 5.69 Å². The number of likely N-dealkylation sites (N-methyl/N-ethyl adjacent to an activating group) is 2. The maximum Gasteiger partial charge on any atom is 0.332 e. The average molecular weight is 534 g/mol. The van der Waals surface area contributed by atoms with E-state index in [0.29, 0.717) is 35.4 Å². The number of carbonyl (C=O) groups is 1. The van der Waals surface area contributed by atoms with Gasteiger partial charge in [-0.05, 0) is 84.0 Å². The molecule has 208 valence electrons. The number of benzene rings is 2. The van der Waals surface area contributed by atoms with Crippen LogP contribution in [0.25, 0.3) is 0 Å². The van der Waals surface area contributed by atoms with Crippen LogP contribution < -0.4 is 25.4 Å². The standard InChI is InChI=1S/C30H39N5O4/c1-17-10-12-23(18(2)14-17)38-27-20(4)25(35(8)30(6,16-33-7)29(36)37-9)21(5)28(34-27)39-24-13-11-22(26(31)32)15-19(24)3/h10-15,33H,16H2,1-9H3,(H3,31,32). The quantitative estimate of drug-likeness (QED) is 0.187. The number of aryl methyl sites for hydroxylation is 3. The fourth-order valence-electron chi connectivity index (χ4n) is 4.64. The Hall–Kier alpha value is -4.11. The van der Waals surface area contributed by atoms with E-state index in [-0.39, 0.29) is 11.8 Å². The molecule has 3 aromatic rings. The number of carbonyl (C=O) groups excluding carboxylic acids is 1. The van der Waals surface area contributed by atoms with Crippen molar-refractivity contribution < 1.29 is 19.0 Å². The second-order valence-corrected chi connectivity index (χ2v) is 10.0. The number of nitrogen functional groups attached to an aromatic ring is 1. The number of hydrogen-bond acceptors (Lipinski definition) is 8. The van der Waals surface area contributed by atoms with E-state index in [9.17, 15) is 4.79 Å². The highest BCUT2D eigenvalue weighted by Crippen LogP contribution is 2.42. The zero-order valence-electron chi connectivity index (χ0n) is 24.3. The van der Waals surface area contributed by atoms with Gasteiger partial charge in [0.25, 0.3) is 0 Å². The van der Waals surface area contributed by atoms with E-state index < -0.39 is 5.54 Å². The average Bonchev–Trinajstić information content (AvgIpc) is 2.88. The van der Waals surface area contributed by atoms with E-state index in [1.165, 1.54) is 7.11 Å². The highest BCUT2D eigenvalue weighted by Gasteiger charge is 2.40. The normalized spacial score (nSPS) is 12.4. The maximum absolute atomic E-state index is 13.0. The number of amidine groups is 1. The zero-order chi connectivity index (χ0) is 29.1. The second-order valence-electron chi connectivity index (χ2n) is 10.0. The van der Waals surface area contributed by atoms with Gasteiger partial charge in [-0.3, -0.25) is 5.41 Å². The zero-order valence-corrected chi connectivity index (χ0v) is 24.3. The molecule has 0 fully saturated rings. The van der Waals surface area contributed by atoms with Gasteiger partial charge in [-0.15, -0.1) is 0 Å². The van der Waals surface area contributed by atoms with E-state index in [1.807, 2.05) is 71.7 Å². The van der Waals surface area contributed by atoms with Gasteiger partial charge in [-0.2, -0.15) is 4.98 Å². The van der Waals surface area contributed by atoms with E-state index in [1.54, 1.807) is 25.2 Å². The number of nitrogens with one attached hydrogen (secondary N) is 2. The van der Waals surface area contributed by atoms with Gasteiger partial charge in [0.15, 0.2) is 0 Å². The van der Waals surface area contributed by atoms with Crippen molar-refractivity contribution in [3.05, 3.63) is 69.8 Å². The molecule has 0 saturated carbocycles. The lowest BCUT2D eigenvalue weighted by Gasteiger charge is -2.39. The van der Waals surface area contributed by atoms with Crippen molar-refractivity contribution in [2.75, 3.05) is 32.6 Å². The second kappa shape index (κ2) is 11.7. The first-order valence-corrected chi connectivity index (χ1v) is 12.7. The molecular formula is C30H39N5O4. The van der Waals surface area contributed by atoms with Gasteiger partial charge >= 0.3 is 5.97 Å². The van der Waals surface area contributed by atoms with E-state index >= 15 is 0 Å². The Balaban J connectivity index is 2.22. The van der Waals surface area contributed by atoms with Gasteiger partial charge in [-0.25, -0.2) is 4.79 Å². The van der Waals surface area contributed by atoms with Crippen LogP contribution in [0, 0.1) is 40.0 Å². The first kappa shape index (κ1) is 29.4. The molecule has 0 aliphatic heterocycles. The lowest BCUT2D eigenvalue weighted by molar-refractivity contribution is -0.146. The summed E-state index contributed by atoms with van der Waals surface area (Å²) in [4.78, 5) is 19.7. The Morgan fingerprint density at radius 2 is 1.54 bits per heavy atom. The summed E-state index contributed by atoms with van der Waals surface area (Å²) in [7, 11) is 5.02. The molecule has 2 aromatic carbocycles. The highest BCUT2D eigenvalue weighted by atomic mass is 16.5. The van der Waals surface area contributed by atoms with Crippen molar-refractivity contribution in [1.29, 1.82) is 5.41 Å². The summed E-state index contributed by atoms with van der Waals surface area (Å²) in [6.07, 6.45) is 0. The Morgan fingerprint density at radius 3 is 2.00 bits per heavy atom. The minimum Gasteiger partial charge on any atom is -0.467 e. The van der Waals surface area contributed by atoms with Crippen LogP contribution in [-0.2, 0) is 9.53 Å². The van der Waals surface area contributed by atoms with Gasteiger partial charge in [-0.1, -0.05) is 17.7 Å². The molecule has 9 heteroatoms. The number of rotatable bonds is 10. The van der Waals surface area contributed by atoms with Crippen LogP contribution in [0.2, 0.25) is 0 Å². The molecular weight excluding hydrogens is 494 g/mol. The molecule has 1 atom stereocenters. The molecule has 1 unspecified atom stereocenters. The Labute approximate surface area is 230 Å². The molecule has 0 aliphatic carbocycles. The third-order valence-corrected chi connectivity index (χ3v) is 7.01. The number of hydrogen-bond donors (Lipinski definition) is 3. The Kier molecular flexibility index (Phi) is 8.86. The largest absolute Gasteiger partial charge is 0.467 e. The summed E-state index contributed by atoms with van der Waals surface area (Å²) in [5.41, 5.74) is 10.3. The number of esters is 1. The minimum absolute atomic E-state index is 0.0195. The van der Waals surface area contributed by atoms with Gasteiger partial charge in [0.05, 0.1) is 12.8 Å². The highest BCUT2D eigenvalue weighted by molar-refractivity contribution is 5.95. The number of anilines is 1. The van der Waals surface area contributed by atoms with Crippen LogP contribution in [0.5, 0.6) is 23.3 Å². The lowest BCUT2D eigenvalue weighted by atomic mass is 9.97. The molecule has 3 rings (SSSR count).